The van der Waals surface area contributed by atoms with Gasteiger partial charge in [-0.15, -0.1) is 0 Å². The van der Waals surface area contributed by atoms with Gasteiger partial charge in [0.2, 0.25) is 0 Å². The SMILES string of the molecule is CCCO[SiH](OCCC)c1ccc(-c2cc(F)c(F)c(F)c2)cc1. The van der Waals surface area contributed by atoms with E-state index in [1.54, 1.807) is 12.1 Å². The minimum Gasteiger partial charge on any atom is -0.393 e. The maximum Gasteiger partial charge on any atom is 0.355 e. The second-order valence-electron chi connectivity index (χ2n) is 5.45. The van der Waals surface area contributed by atoms with Gasteiger partial charge in [-0.25, -0.2) is 13.2 Å². The molecular formula is C18H21F3O2Si. The summed E-state index contributed by atoms with van der Waals surface area (Å²) in [4.78, 5) is 0. The molecule has 0 bridgehead atoms. The number of hydrogen-bond acceptors (Lipinski definition) is 2. The molecule has 2 rings (SSSR count). The van der Waals surface area contributed by atoms with Crippen LogP contribution in [0.5, 0.6) is 0 Å². The van der Waals surface area contributed by atoms with Crippen molar-refractivity contribution in [2.24, 2.45) is 0 Å². The van der Waals surface area contributed by atoms with E-state index < -0.39 is 26.7 Å². The third kappa shape index (κ3) is 4.69. The van der Waals surface area contributed by atoms with Gasteiger partial charge in [0.1, 0.15) is 0 Å². The van der Waals surface area contributed by atoms with Crippen molar-refractivity contribution in [3.63, 3.8) is 0 Å². The van der Waals surface area contributed by atoms with Crippen LogP contribution in [0.4, 0.5) is 13.2 Å². The van der Waals surface area contributed by atoms with Crippen molar-refractivity contribution in [1.82, 2.24) is 0 Å². The van der Waals surface area contributed by atoms with Crippen LogP contribution >= 0.6 is 0 Å². The normalized spacial score (nSPS) is 11.2. The Kier molecular flexibility index (Phi) is 7.02. The molecule has 2 aromatic carbocycles. The van der Waals surface area contributed by atoms with Crippen LogP contribution < -0.4 is 5.19 Å². The monoisotopic (exact) mass is 354 g/mol. The first kappa shape index (κ1) is 18.7. The van der Waals surface area contributed by atoms with E-state index in [9.17, 15) is 13.2 Å². The minimum absolute atomic E-state index is 0.292. The van der Waals surface area contributed by atoms with Crippen LogP contribution in [0.1, 0.15) is 26.7 Å². The van der Waals surface area contributed by atoms with Gasteiger partial charge in [-0.05, 0) is 41.3 Å². The van der Waals surface area contributed by atoms with Crippen molar-refractivity contribution < 1.29 is 22.0 Å². The maximum atomic E-state index is 13.4. The van der Waals surface area contributed by atoms with E-state index >= 15 is 0 Å². The molecular weight excluding hydrogens is 333 g/mol. The quantitative estimate of drug-likeness (QED) is 0.526. The van der Waals surface area contributed by atoms with Gasteiger partial charge in [0, 0.05) is 13.2 Å². The van der Waals surface area contributed by atoms with Crippen LogP contribution in [0.15, 0.2) is 36.4 Å². The molecule has 0 unspecified atom stereocenters. The lowest BCUT2D eigenvalue weighted by Gasteiger charge is -2.17. The van der Waals surface area contributed by atoms with E-state index in [1.165, 1.54) is 0 Å². The van der Waals surface area contributed by atoms with Crippen molar-refractivity contribution in [3.8, 4) is 11.1 Å². The zero-order valence-electron chi connectivity index (χ0n) is 13.8. The Labute approximate surface area is 142 Å². The molecule has 0 radical (unpaired) electrons. The Hall–Kier alpha value is -1.63. The minimum atomic E-state index is -1.98. The number of benzene rings is 2. The topological polar surface area (TPSA) is 18.5 Å². The van der Waals surface area contributed by atoms with Crippen LogP contribution in [0, 0.1) is 17.5 Å². The Balaban J connectivity index is 2.22. The van der Waals surface area contributed by atoms with Gasteiger partial charge in [-0.1, -0.05) is 38.1 Å². The molecule has 2 nitrogen and oxygen atoms in total. The van der Waals surface area contributed by atoms with Crippen molar-refractivity contribution in [3.05, 3.63) is 53.8 Å². The van der Waals surface area contributed by atoms with E-state index in [2.05, 4.69) is 0 Å². The Morgan fingerprint density at radius 3 is 1.75 bits per heavy atom. The van der Waals surface area contributed by atoms with Crippen LogP contribution in [-0.2, 0) is 8.85 Å². The molecule has 0 saturated heterocycles. The smallest absolute Gasteiger partial charge is 0.355 e. The molecule has 0 N–H and O–H groups in total. The van der Waals surface area contributed by atoms with Gasteiger partial charge >= 0.3 is 9.28 Å². The summed E-state index contributed by atoms with van der Waals surface area (Å²) in [6.07, 6.45) is 1.82. The molecule has 130 valence electrons. The molecule has 0 aliphatic rings. The summed E-state index contributed by atoms with van der Waals surface area (Å²) in [5, 5.41) is 0.962. The average Bonchev–Trinajstić information content (AvgIpc) is 2.59. The largest absolute Gasteiger partial charge is 0.393 e. The molecule has 0 heterocycles. The summed E-state index contributed by atoms with van der Waals surface area (Å²) in [5.74, 6) is -3.85. The van der Waals surface area contributed by atoms with Gasteiger partial charge in [0.15, 0.2) is 17.5 Å². The molecule has 0 saturated carbocycles. The Morgan fingerprint density at radius 2 is 1.29 bits per heavy atom. The second kappa shape index (κ2) is 9.01. The van der Waals surface area contributed by atoms with E-state index in [1.807, 2.05) is 26.0 Å². The highest BCUT2D eigenvalue weighted by Gasteiger charge is 2.17. The van der Waals surface area contributed by atoms with Crippen LogP contribution in [0.25, 0.3) is 11.1 Å². The molecule has 0 aliphatic carbocycles. The van der Waals surface area contributed by atoms with Gasteiger partial charge in [-0.3, -0.25) is 0 Å². The second-order valence-corrected chi connectivity index (χ2v) is 7.45. The molecule has 0 amide bonds. The molecule has 0 atom stereocenters. The van der Waals surface area contributed by atoms with Gasteiger partial charge < -0.3 is 8.85 Å². The third-order valence-corrected chi connectivity index (χ3v) is 5.45. The van der Waals surface area contributed by atoms with E-state index in [0.29, 0.717) is 24.3 Å². The fourth-order valence-electron chi connectivity index (χ4n) is 2.25. The average molecular weight is 354 g/mol. The van der Waals surface area contributed by atoms with Crippen LogP contribution in [0.3, 0.4) is 0 Å². The maximum absolute atomic E-state index is 13.4. The van der Waals surface area contributed by atoms with Crippen LogP contribution in [0.2, 0.25) is 0 Å². The van der Waals surface area contributed by atoms with Gasteiger partial charge in [-0.2, -0.15) is 0 Å². The summed E-state index contributed by atoms with van der Waals surface area (Å²) < 4.78 is 51.4. The molecule has 0 fully saturated rings. The number of halogens is 3. The zero-order valence-corrected chi connectivity index (χ0v) is 15.0. The van der Waals surface area contributed by atoms with Gasteiger partial charge in [0.25, 0.3) is 0 Å². The predicted molar refractivity (Wildman–Crippen MR) is 91.0 cm³/mol. The molecule has 0 aromatic heterocycles. The molecule has 2 aromatic rings. The van der Waals surface area contributed by atoms with E-state index in [4.69, 9.17) is 8.85 Å². The van der Waals surface area contributed by atoms with Crippen LogP contribution in [-0.4, -0.2) is 22.5 Å². The first-order valence-corrected chi connectivity index (χ1v) is 9.56. The molecule has 0 spiro atoms. The van der Waals surface area contributed by atoms with E-state index in [-0.39, 0.29) is 0 Å². The van der Waals surface area contributed by atoms with Crippen molar-refractivity contribution in [2.75, 3.05) is 13.2 Å². The van der Waals surface area contributed by atoms with Crippen molar-refractivity contribution >= 4 is 14.5 Å². The van der Waals surface area contributed by atoms with Crippen molar-refractivity contribution in [1.29, 1.82) is 0 Å². The zero-order chi connectivity index (χ0) is 17.5. The molecule has 0 aliphatic heterocycles. The highest BCUT2D eigenvalue weighted by molar-refractivity contribution is 6.61. The van der Waals surface area contributed by atoms with E-state index in [0.717, 1.165) is 30.2 Å². The summed E-state index contributed by atoms with van der Waals surface area (Å²) in [7, 11) is -1.98. The lowest BCUT2D eigenvalue weighted by atomic mass is 10.1. The fourth-order valence-corrected chi connectivity index (χ4v) is 4.13. The summed E-state index contributed by atoms with van der Waals surface area (Å²) in [6, 6.07) is 9.15. The first-order chi connectivity index (χ1) is 11.6. The molecule has 6 heteroatoms. The standard InChI is InChI=1S/C18H21F3O2Si/c1-3-9-22-24(23-10-4-2)15-7-5-13(6-8-15)14-11-16(19)18(21)17(20)12-14/h5-8,11-12,24H,3-4,9-10H2,1-2H3. The number of rotatable bonds is 8. The Morgan fingerprint density at radius 1 is 0.792 bits per heavy atom. The lowest BCUT2D eigenvalue weighted by Crippen LogP contribution is -2.37. The highest BCUT2D eigenvalue weighted by atomic mass is 28.3. The summed E-state index contributed by atoms with van der Waals surface area (Å²) in [5.41, 5.74) is 0.899. The number of hydrogen-bond donors (Lipinski definition) is 0. The Bertz CT molecular complexity index is 631. The van der Waals surface area contributed by atoms with Crippen molar-refractivity contribution in [2.45, 2.75) is 26.7 Å². The lowest BCUT2D eigenvalue weighted by molar-refractivity contribution is 0.207. The summed E-state index contributed by atoms with van der Waals surface area (Å²) in [6.45, 7) is 5.34. The predicted octanol–water partition coefficient (Wildman–Crippen LogP) is 4.05. The van der Waals surface area contributed by atoms with Gasteiger partial charge in [0.05, 0.1) is 0 Å². The molecule has 24 heavy (non-hydrogen) atoms. The summed E-state index contributed by atoms with van der Waals surface area (Å²) >= 11 is 0. The highest BCUT2D eigenvalue weighted by Crippen LogP contribution is 2.23. The fraction of sp³-hybridized carbons (Fsp3) is 0.333. The third-order valence-electron chi connectivity index (χ3n) is 3.45. The first-order valence-electron chi connectivity index (χ1n) is 8.04.